The number of amides is 1. The monoisotopic (exact) mass is 236 g/mol. The number of nitrogens with two attached hydrogens (primary N) is 1. The lowest BCUT2D eigenvalue weighted by molar-refractivity contribution is -0.117. The molecule has 0 bridgehead atoms. The topological polar surface area (TPSA) is 75.4 Å². The fraction of sp³-hybridized carbons (Fsp3) is 0.462. The highest BCUT2D eigenvalue weighted by molar-refractivity contribution is 5.90. The Bertz CT molecular complexity index is 345. The molecule has 0 heterocycles. The van der Waals surface area contributed by atoms with Crippen molar-refractivity contribution in [1.82, 2.24) is 0 Å². The van der Waals surface area contributed by atoms with E-state index in [1.807, 2.05) is 6.92 Å². The van der Waals surface area contributed by atoms with Crippen molar-refractivity contribution in [1.29, 1.82) is 0 Å². The summed E-state index contributed by atoms with van der Waals surface area (Å²) in [6, 6.07) is 7.14. The number of aliphatic hydroxyl groups excluding tert-OH is 1. The molecule has 0 saturated heterocycles. The Morgan fingerprint density at radius 1 is 1.41 bits per heavy atom. The predicted molar refractivity (Wildman–Crippen MR) is 68.4 cm³/mol. The van der Waals surface area contributed by atoms with Crippen molar-refractivity contribution in [3.8, 4) is 0 Å². The van der Waals surface area contributed by atoms with Gasteiger partial charge in [-0.25, -0.2) is 0 Å². The molecule has 0 spiro atoms. The van der Waals surface area contributed by atoms with Gasteiger partial charge in [0.15, 0.2) is 0 Å². The minimum atomic E-state index is -0.0148. The second kappa shape index (κ2) is 7.04. The van der Waals surface area contributed by atoms with Gasteiger partial charge in [0, 0.05) is 12.1 Å². The van der Waals surface area contributed by atoms with Crippen LogP contribution in [0.5, 0.6) is 0 Å². The quantitative estimate of drug-likeness (QED) is 0.700. The summed E-state index contributed by atoms with van der Waals surface area (Å²) >= 11 is 0. The summed E-state index contributed by atoms with van der Waals surface area (Å²) in [6.07, 6.45) is 1.36. The van der Waals surface area contributed by atoms with Gasteiger partial charge in [-0.1, -0.05) is 25.5 Å². The number of rotatable bonds is 6. The Kier molecular flexibility index (Phi) is 5.66. The number of benzene rings is 1. The smallest absolute Gasteiger partial charge is 0.224 e. The number of anilines is 1. The third-order valence-corrected chi connectivity index (χ3v) is 2.81. The summed E-state index contributed by atoms with van der Waals surface area (Å²) in [5.74, 6) is 0.228. The number of aliphatic hydroxyl groups is 1. The maximum atomic E-state index is 11.7. The summed E-state index contributed by atoms with van der Waals surface area (Å²) in [7, 11) is 0. The minimum Gasteiger partial charge on any atom is -0.392 e. The Labute approximate surface area is 102 Å². The van der Waals surface area contributed by atoms with Crippen molar-refractivity contribution in [3.63, 3.8) is 0 Å². The predicted octanol–water partition coefficient (Wildman–Crippen LogP) is 1.49. The van der Waals surface area contributed by atoms with Gasteiger partial charge in [-0.05, 0) is 30.2 Å². The molecular formula is C13H20N2O2. The molecule has 1 rings (SSSR count). The molecule has 0 radical (unpaired) electrons. The SMILES string of the molecule is CCC(CN)CC(=O)Nc1ccc(CO)cc1. The zero-order valence-corrected chi connectivity index (χ0v) is 10.1. The lowest BCUT2D eigenvalue weighted by Gasteiger charge is -2.12. The first kappa shape index (κ1) is 13.7. The number of nitrogens with one attached hydrogen (secondary N) is 1. The summed E-state index contributed by atoms with van der Waals surface area (Å²) in [4.78, 5) is 11.7. The number of hydrogen-bond acceptors (Lipinski definition) is 3. The largest absolute Gasteiger partial charge is 0.392 e. The molecule has 0 aliphatic carbocycles. The minimum absolute atomic E-state index is 0.0132. The van der Waals surface area contributed by atoms with Crippen LogP contribution in [-0.2, 0) is 11.4 Å². The number of carbonyl (C=O) groups is 1. The molecule has 1 atom stereocenters. The molecule has 0 fully saturated rings. The first-order valence-electron chi connectivity index (χ1n) is 5.89. The third-order valence-electron chi connectivity index (χ3n) is 2.81. The average molecular weight is 236 g/mol. The van der Waals surface area contributed by atoms with Crippen LogP contribution in [0, 0.1) is 5.92 Å². The highest BCUT2D eigenvalue weighted by atomic mass is 16.3. The molecule has 17 heavy (non-hydrogen) atoms. The van der Waals surface area contributed by atoms with Crippen LogP contribution >= 0.6 is 0 Å². The van der Waals surface area contributed by atoms with Gasteiger partial charge in [0.2, 0.25) is 5.91 Å². The van der Waals surface area contributed by atoms with Gasteiger partial charge in [0.05, 0.1) is 6.61 Å². The van der Waals surface area contributed by atoms with E-state index in [0.717, 1.165) is 17.7 Å². The molecule has 1 unspecified atom stereocenters. The first-order chi connectivity index (χ1) is 8.19. The van der Waals surface area contributed by atoms with Gasteiger partial charge < -0.3 is 16.2 Å². The molecule has 4 heteroatoms. The second-order valence-electron chi connectivity index (χ2n) is 4.12. The molecule has 94 valence electrons. The summed E-state index contributed by atoms with van der Waals surface area (Å²) < 4.78 is 0. The van der Waals surface area contributed by atoms with E-state index in [4.69, 9.17) is 10.8 Å². The third kappa shape index (κ3) is 4.54. The summed E-state index contributed by atoms with van der Waals surface area (Å²) in [5.41, 5.74) is 7.13. The Hall–Kier alpha value is -1.39. The van der Waals surface area contributed by atoms with Gasteiger partial charge in [-0.15, -0.1) is 0 Å². The van der Waals surface area contributed by atoms with E-state index in [-0.39, 0.29) is 18.4 Å². The van der Waals surface area contributed by atoms with Gasteiger partial charge in [0.1, 0.15) is 0 Å². The lowest BCUT2D eigenvalue weighted by Crippen LogP contribution is -2.21. The van der Waals surface area contributed by atoms with E-state index >= 15 is 0 Å². The molecular weight excluding hydrogens is 216 g/mol. The highest BCUT2D eigenvalue weighted by Gasteiger charge is 2.10. The highest BCUT2D eigenvalue weighted by Crippen LogP contribution is 2.12. The van der Waals surface area contributed by atoms with Crippen molar-refractivity contribution in [3.05, 3.63) is 29.8 Å². The van der Waals surface area contributed by atoms with Gasteiger partial charge >= 0.3 is 0 Å². The van der Waals surface area contributed by atoms with Crippen LogP contribution in [0.3, 0.4) is 0 Å². The van der Waals surface area contributed by atoms with Crippen LogP contribution in [0.2, 0.25) is 0 Å². The van der Waals surface area contributed by atoms with E-state index in [2.05, 4.69) is 5.32 Å². The van der Waals surface area contributed by atoms with Crippen LogP contribution in [-0.4, -0.2) is 17.6 Å². The van der Waals surface area contributed by atoms with Crippen molar-refractivity contribution in [2.45, 2.75) is 26.4 Å². The molecule has 1 aromatic rings. The van der Waals surface area contributed by atoms with Crippen molar-refractivity contribution < 1.29 is 9.90 Å². The maximum absolute atomic E-state index is 11.7. The normalized spacial score (nSPS) is 12.2. The summed E-state index contributed by atoms with van der Waals surface area (Å²) in [6.45, 7) is 2.58. The molecule has 1 aromatic carbocycles. The van der Waals surface area contributed by atoms with Crippen molar-refractivity contribution >= 4 is 11.6 Å². The molecule has 1 amide bonds. The van der Waals surface area contributed by atoms with Crippen LogP contribution in [0.15, 0.2) is 24.3 Å². The Balaban J connectivity index is 2.49. The van der Waals surface area contributed by atoms with E-state index < -0.39 is 0 Å². The number of hydrogen-bond donors (Lipinski definition) is 3. The average Bonchev–Trinajstić information content (AvgIpc) is 2.37. The van der Waals surface area contributed by atoms with Crippen LogP contribution < -0.4 is 11.1 Å². The van der Waals surface area contributed by atoms with Gasteiger partial charge in [-0.3, -0.25) is 4.79 Å². The molecule has 0 aliphatic heterocycles. The van der Waals surface area contributed by atoms with E-state index in [0.29, 0.717) is 13.0 Å². The molecule has 4 nitrogen and oxygen atoms in total. The summed E-state index contributed by atoms with van der Waals surface area (Å²) in [5, 5.41) is 11.7. The van der Waals surface area contributed by atoms with Crippen molar-refractivity contribution in [2.75, 3.05) is 11.9 Å². The maximum Gasteiger partial charge on any atom is 0.224 e. The van der Waals surface area contributed by atoms with Crippen LogP contribution in [0.1, 0.15) is 25.3 Å². The zero-order valence-electron chi connectivity index (χ0n) is 10.1. The van der Waals surface area contributed by atoms with Crippen molar-refractivity contribution in [2.24, 2.45) is 11.7 Å². The standard InChI is InChI=1S/C13H20N2O2/c1-2-10(8-14)7-13(17)15-12-5-3-11(9-16)4-6-12/h3-6,10,16H,2,7-9,14H2,1H3,(H,15,17). The van der Waals surface area contributed by atoms with E-state index in [9.17, 15) is 4.79 Å². The Morgan fingerprint density at radius 3 is 2.53 bits per heavy atom. The first-order valence-corrected chi connectivity index (χ1v) is 5.89. The molecule has 0 aromatic heterocycles. The second-order valence-corrected chi connectivity index (χ2v) is 4.12. The van der Waals surface area contributed by atoms with E-state index in [1.165, 1.54) is 0 Å². The fourth-order valence-electron chi connectivity index (χ4n) is 1.56. The van der Waals surface area contributed by atoms with Crippen LogP contribution in [0.4, 0.5) is 5.69 Å². The zero-order chi connectivity index (χ0) is 12.7. The lowest BCUT2D eigenvalue weighted by atomic mass is 10.0. The molecule has 0 aliphatic rings. The molecule has 4 N–H and O–H groups in total. The van der Waals surface area contributed by atoms with Gasteiger partial charge in [-0.2, -0.15) is 0 Å². The number of carbonyl (C=O) groups excluding carboxylic acids is 1. The fourth-order valence-corrected chi connectivity index (χ4v) is 1.56. The Morgan fingerprint density at radius 2 is 2.06 bits per heavy atom. The van der Waals surface area contributed by atoms with Crippen LogP contribution in [0.25, 0.3) is 0 Å². The molecule has 0 saturated carbocycles. The van der Waals surface area contributed by atoms with E-state index in [1.54, 1.807) is 24.3 Å². The van der Waals surface area contributed by atoms with Gasteiger partial charge in [0.25, 0.3) is 0 Å².